The van der Waals surface area contributed by atoms with Crippen molar-refractivity contribution in [3.05, 3.63) is 29.1 Å². The van der Waals surface area contributed by atoms with Crippen LogP contribution < -0.4 is 4.57 Å². The summed E-state index contributed by atoms with van der Waals surface area (Å²) in [5.41, 5.74) is 4.21. The third-order valence-corrected chi connectivity index (χ3v) is 3.56. The highest BCUT2D eigenvalue weighted by molar-refractivity contribution is 5.17. The molecule has 0 spiro atoms. The van der Waals surface area contributed by atoms with Crippen LogP contribution in [0.4, 0.5) is 0 Å². The fraction of sp³-hybridized carbons (Fsp3) is 0.688. The van der Waals surface area contributed by atoms with E-state index in [0.29, 0.717) is 0 Å². The zero-order chi connectivity index (χ0) is 12.7. The minimum Gasteiger partial charge on any atom is -0.202 e. The summed E-state index contributed by atoms with van der Waals surface area (Å²) in [4.78, 5) is 0. The predicted molar refractivity (Wildman–Crippen MR) is 74.2 cm³/mol. The van der Waals surface area contributed by atoms with Crippen LogP contribution in [0.2, 0.25) is 0 Å². The zero-order valence-electron chi connectivity index (χ0n) is 12.1. The molecule has 1 aromatic rings. The van der Waals surface area contributed by atoms with Gasteiger partial charge in [0, 0.05) is 24.5 Å². The first-order chi connectivity index (χ1) is 8.15. The number of hydrogen-bond donors (Lipinski definition) is 0. The maximum Gasteiger partial charge on any atom is 0.181 e. The molecule has 0 fully saturated rings. The van der Waals surface area contributed by atoms with Crippen molar-refractivity contribution in [1.29, 1.82) is 0 Å². The van der Waals surface area contributed by atoms with Gasteiger partial charge in [0.15, 0.2) is 11.9 Å². The number of pyridine rings is 1. The fourth-order valence-corrected chi connectivity index (χ4v) is 2.35. The third-order valence-electron chi connectivity index (χ3n) is 3.56. The molecular weight excluding hydrogens is 206 g/mol. The SMILES string of the molecule is CCCCCCCC[n+]1cc(C)cc(C)c1C. The van der Waals surface area contributed by atoms with E-state index in [1.54, 1.807) is 0 Å². The lowest BCUT2D eigenvalue weighted by Gasteiger charge is -2.05. The van der Waals surface area contributed by atoms with Crippen LogP contribution in [-0.4, -0.2) is 0 Å². The van der Waals surface area contributed by atoms with E-state index in [4.69, 9.17) is 0 Å². The molecule has 96 valence electrons. The molecule has 0 unspecified atom stereocenters. The van der Waals surface area contributed by atoms with E-state index in [9.17, 15) is 0 Å². The van der Waals surface area contributed by atoms with Crippen LogP contribution in [0.1, 0.15) is 62.3 Å². The second-order valence-electron chi connectivity index (χ2n) is 5.25. The molecule has 1 aromatic heterocycles. The monoisotopic (exact) mass is 234 g/mol. The lowest BCUT2D eigenvalue weighted by molar-refractivity contribution is -0.703. The van der Waals surface area contributed by atoms with Gasteiger partial charge < -0.3 is 0 Å². The summed E-state index contributed by atoms with van der Waals surface area (Å²) in [5.74, 6) is 0. The average Bonchev–Trinajstić information content (AvgIpc) is 2.29. The van der Waals surface area contributed by atoms with Gasteiger partial charge in [0.25, 0.3) is 0 Å². The van der Waals surface area contributed by atoms with E-state index in [1.165, 1.54) is 61.9 Å². The van der Waals surface area contributed by atoms with Gasteiger partial charge in [0.05, 0.1) is 0 Å². The molecule has 0 saturated heterocycles. The maximum absolute atomic E-state index is 2.42. The van der Waals surface area contributed by atoms with Gasteiger partial charge in [0.2, 0.25) is 0 Å². The number of aromatic nitrogens is 1. The van der Waals surface area contributed by atoms with Gasteiger partial charge in [-0.3, -0.25) is 0 Å². The van der Waals surface area contributed by atoms with Crippen LogP contribution in [-0.2, 0) is 6.54 Å². The molecule has 1 heterocycles. The summed E-state index contributed by atoms with van der Waals surface area (Å²) in [5, 5.41) is 0. The van der Waals surface area contributed by atoms with Gasteiger partial charge >= 0.3 is 0 Å². The lowest BCUT2D eigenvalue weighted by atomic mass is 10.1. The number of hydrogen-bond acceptors (Lipinski definition) is 0. The standard InChI is InChI=1S/C16H28N/c1-5-6-7-8-9-10-11-17-13-14(2)12-15(3)16(17)4/h12-13H,5-11H2,1-4H3/q+1. The van der Waals surface area contributed by atoms with E-state index in [-0.39, 0.29) is 0 Å². The van der Waals surface area contributed by atoms with E-state index in [0.717, 1.165) is 0 Å². The van der Waals surface area contributed by atoms with E-state index < -0.39 is 0 Å². The Labute approximate surface area is 107 Å². The molecular formula is C16H28N+. The third kappa shape index (κ3) is 4.89. The normalized spacial score (nSPS) is 10.8. The topological polar surface area (TPSA) is 3.88 Å². The first-order valence-corrected chi connectivity index (χ1v) is 7.12. The molecule has 0 bridgehead atoms. The summed E-state index contributed by atoms with van der Waals surface area (Å²) in [6, 6.07) is 2.27. The van der Waals surface area contributed by atoms with Crippen LogP contribution in [0.3, 0.4) is 0 Å². The molecule has 0 radical (unpaired) electrons. The molecule has 0 N–H and O–H groups in total. The molecule has 0 atom stereocenters. The van der Waals surface area contributed by atoms with Crippen molar-refractivity contribution >= 4 is 0 Å². The highest BCUT2D eigenvalue weighted by atomic mass is 14.9. The van der Waals surface area contributed by atoms with Crippen molar-refractivity contribution in [2.45, 2.75) is 72.8 Å². The van der Waals surface area contributed by atoms with Gasteiger partial charge in [-0.25, -0.2) is 4.57 Å². The van der Waals surface area contributed by atoms with E-state index in [1.807, 2.05) is 0 Å². The van der Waals surface area contributed by atoms with Gasteiger partial charge in [0.1, 0.15) is 6.54 Å². The Bertz CT molecular complexity index is 342. The minimum atomic E-state index is 1.18. The Kier molecular flexibility index (Phi) is 6.25. The predicted octanol–water partition coefficient (Wildman–Crippen LogP) is 4.26. The number of unbranched alkanes of at least 4 members (excludes halogenated alkanes) is 5. The van der Waals surface area contributed by atoms with Crippen molar-refractivity contribution in [3.63, 3.8) is 0 Å². The maximum atomic E-state index is 2.42. The molecule has 0 aliphatic rings. The summed E-state index contributed by atoms with van der Waals surface area (Å²) >= 11 is 0. The van der Waals surface area contributed by atoms with Gasteiger partial charge in [-0.15, -0.1) is 0 Å². The van der Waals surface area contributed by atoms with Crippen molar-refractivity contribution < 1.29 is 4.57 Å². The van der Waals surface area contributed by atoms with Crippen LogP contribution >= 0.6 is 0 Å². The summed E-state index contributed by atoms with van der Waals surface area (Å²) in [6.45, 7) is 10.1. The highest BCUT2D eigenvalue weighted by Crippen LogP contribution is 2.07. The molecule has 0 saturated carbocycles. The summed E-state index contributed by atoms with van der Waals surface area (Å²) < 4.78 is 2.42. The highest BCUT2D eigenvalue weighted by Gasteiger charge is 2.09. The zero-order valence-corrected chi connectivity index (χ0v) is 12.1. The minimum absolute atomic E-state index is 1.18. The second kappa shape index (κ2) is 7.47. The van der Waals surface area contributed by atoms with E-state index >= 15 is 0 Å². The lowest BCUT2D eigenvalue weighted by Crippen LogP contribution is -2.38. The number of nitrogens with zero attached hydrogens (tertiary/aromatic N) is 1. The molecule has 1 heteroatoms. The number of aryl methyl sites for hydroxylation is 3. The fourth-order valence-electron chi connectivity index (χ4n) is 2.35. The van der Waals surface area contributed by atoms with Gasteiger partial charge in [-0.1, -0.05) is 32.6 Å². The molecule has 0 aromatic carbocycles. The van der Waals surface area contributed by atoms with Crippen molar-refractivity contribution in [3.8, 4) is 0 Å². The largest absolute Gasteiger partial charge is 0.202 e. The first-order valence-electron chi connectivity index (χ1n) is 7.12. The molecule has 0 aliphatic heterocycles. The Balaban J connectivity index is 2.36. The quantitative estimate of drug-likeness (QED) is 0.490. The average molecular weight is 234 g/mol. The molecule has 1 rings (SSSR count). The first kappa shape index (κ1) is 14.2. The Morgan fingerprint density at radius 3 is 2.29 bits per heavy atom. The smallest absolute Gasteiger partial charge is 0.181 e. The van der Waals surface area contributed by atoms with Crippen LogP contribution in [0.25, 0.3) is 0 Å². The summed E-state index contributed by atoms with van der Waals surface area (Å²) in [7, 11) is 0. The molecule has 17 heavy (non-hydrogen) atoms. The second-order valence-corrected chi connectivity index (χ2v) is 5.25. The Morgan fingerprint density at radius 2 is 1.59 bits per heavy atom. The molecule has 0 amide bonds. The van der Waals surface area contributed by atoms with E-state index in [2.05, 4.69) is 44.5 Å². The van der Waals surface area contributed by atoms with Gasteiger partial charge in [-0.2, -0.15) is 0 Å². The van der Waals surface area contributed by atoms with Gasteiger partial charge in [-0.05, 0) is 26.3 Å². The Morgan fingerprint density at radius 1 is 0.941 bits per heavy atom. The molecule has 0 aliphatic carbocycles. The number of rotatable bonds is 7. The summed E-state index contributed by atoms with van der Waals surface area (Å²) in [6.07, 6.45) is 10.5. The Hall–Kier alpha value is -0.850. The van der Waals surface area contributed by atoms with Crippen molar-refractivity contribution in [2.75, 3.05) is 0 Å². The van der Waals surface area contributed by atoms with Crippen LogP contribution in [0.15, 0.2) is 12.3 Å². The van der Waals surface area contributed by atoms with Crippen LogP contribution in [0, 0.1) is 20.8 Å². The molecule has 1 nitrogen and oxygen atoms in total. The van der Waals surface area contributed by atoms with Crippen LogP contribution in [0.5, 0.6) is 0 Å². The van der Waals surface area contributed by atoms with Crippen molar-refractivity contribution in [1.82, 2.24) is 0 Å². The van der Waals surface area contributed by atoms with Crippen molar-refractivity contribution in [2.24, 2.45) is 0 Å².